The van der Waals surface area contributed by atoms with Crippen molar-refractivity contribution in [1.82, 2.24) is 5.06 Å². The Morgan fingerprint density at radius 3 is 2.63 bits per heavy atom. The smallest absolute Gasteiger partial charge is 0.327 e. The number of nitrogens with two attached hydrogens (primary N) is 1. The summed E-state index contributed by atoms with van der Waals surface area (Å²) in [6, 6.07) is 13.8. The van der Waals surface area contributed by atoms with Crippen molar-refractivity contribution >= 4 is 35.1 Å². The molecule has 10 nitrogen and oxygen atoms in total. The Balaban J connectivity index is 1.60. The Morgan fingerprint density at radius 2 is 1.92 bits per heavy atom. The minimum absolute atomic E-state index is 0.0691. The molecule has 0 bridgehead atoms. The normalized spacial score (nSPS) is 20.0. The maximum absolute atomic E-state index is 13.7. The Hall–Kier alpha value is -4.57. The molecule has 1 heterocycles. The molecule has 1 aliphatic heterocycles. The van der Waals surface area contributed by atoms with Gasteiger partial charge >= 0.3 is 5.97 Å². The van der Waals surface area contributed by atoms with Crippen molar-refractivity contribution in [2.45, 2.75) is 20.0 Å². The number of nitrogens with zero attached hydrogens (tertiary/aromatic N) is 1. The first-order valence-corrected chi connectivity index (χ1v) is 12.0. The molecule has 10 heteroatoms. The van der Waals surface area contributed by atoms with Crippen molar-refractivity contribution in [2.75, 3.05) is 18.5 Å². The summed E-state index contributed by atoms with van der Waals surface area (Å²) in [5.74, 6) is -3.74. The number of ketones is 1. The number of amidine groups is 1. The highest BCUT2D eigenvalue weighted by molar-refractivity contribution is 6.14. The third-order valence-electron chi connectivity index (χ3n) is 6.36. The number of allylic oxidation sites excluding steroid dienone is 2. The standard InChI is InChI=1S/C28H28N4O6/c1-18(33)16-38-32-14-12-20-10-11-21(15-22(20)25(32)34)31-26(35)28(13-6-5-9-23(28)24(29)30)27(36)37-17-19-7-3-2-4-8-19/h2-11,13,15,23H,12,14,16-17H2,1H3,(H3,29,30)(H,31,35). The van der Waals surface area contributed by atoms with Crippen molar-refractivity contribution < 1.29 is 28.8 Å². The van der Waals surface area contributed by atoms with Crippen LogP contribution < -0.4 is 11.1 Å². The first-order chi connectivity index (χ1) is 18.2. The molecular formula is C28H28N4O6. The predicted octanol–water partition coefficient (Wildman–Crippen LogP) is 2.55. The van der Waals surface area contributed by atoms with E-state index in [-0.39, 0.29) is 30.5 Å². The summed E-state index contributed by atoms with van der Waals surface area (Å²) in [5.41, 5.74) is 5.93. The van der Waals surface area contributed by atoms with E-state index in [4.69, 9.17) is 20.7 Å². The molecule has 2 unspecified atom stereocenters. The van der Waals surface area contributed by atoms with Crippen molar-refractivity contribution in [3.8, 4) is 0 Å². The van der Waals surface area contributed by atoms with Crippen LogP contribution in [0.5, 0.6) is 0 Å². The lowest BCUT2D eigenvalue weighted by molar-refractivity contribution is -0.159. The van der Waals surface area contributed by atoms with E-state index in [2.05, 4.69) is 5.32 Å². The first-order valence-electron chi connectivity index (χ1n) is 12.0. The number of hydroxylamine groups is 2. The zero-order valence-corrected chi connectivity index (χ0v) is 20.8. The molecule has 0 fully saturated rings. The van der Waals surface area contributed by atoms with Crippen LogP contribution in [0.15, 0.2) is 72.8 Å². The van der Waals surface area contributed by atoms with E-state index in [1.54, 1.807) is 42.5 Å². The van der Waals surface area contributed by atoms with Gasteiger partial charge < -0.3 is 15.8 Å². The van der Waals surface area contributed by atoms with Crippen LogP contribution in [-0.4, -0.2) is 47.6 Å². The molecule has 2 aliphatic rings. The summed E-state index contributed by atoms with van der Waals surface area (Å²) in [7, 11) is 0. The molecule has 2 amide bonds. The van der Waals surface area contributed by atoms with Crippen molar-refractivity contribution in [1.29, 1.82) is 5.41 Å². The van der Waals surface area contributed by atoms with Crippen LogP contribution in [0.3, 0.4) is 0 Å². The van der Waals surface area contributed by atoms with E-state index in [1.807, 2.05) is 6.07 Å². The van der Waals surface area contributed by atoms with Gasteiger partial charge in [0, 0.05) is 11.3 Å². The number of hydrogen-bond donors (Lipinski definition) is 3. The third kappa shape index (κ3) is 5.40. The SMILES string of the molecule is CC(=O)CON1CCc2ccc(NC(=O)C3(C(=O)OCc4ccccc4)C=CC=CC3C(=N)N)cc2C1=O. The molecule has 4 N–H and O–H groups in total. The predicted molar refractivity (Wildman–Crippen MR) is 139 cm³/mol. The number of carbonyl (C=O) groups excluding carboxylic acids is 4. The molecule has 2 aromatic rings. The number of rotatable bonds is 9. The molecule has 0 radical (unpaired) electrons. The van der Waals surface area contributed by atoms with Gasteiger partial charge in [-0.25, -0.2) is 5.06 Å². The molecule has 2 atom stereocenters. The lowest BCUT2D eigenvalue weighted by Gasteiger charge is -2.34. The van der Waals surface area contributed by atoms with Crippen LogP contribution in [0, 0.1) is 16.7 Å². The van der Waals surface area contributed by atoms with Gasteiger partial charge in [0.1, 0.15) is 13.2 Å². The van der Waals surface area contributed by atoms with E-state index in [9.17, 15) is 19.2 Å². The summed E-state index contributed by atoms with van der Waals surface area (Å²) < 4.78 is 5.54. The van der Waals surface area contributed by atoms with E-state index in [1.165, 1.54) is 31.2 Å². The number of carbonyl (C=O) groups is 4. The second-order valence-corrected chi connectivity index (χ2v) is 9.07. The van der Waals surface area contributed by atoms with Crippen LogP contribution in [-0.2, 0) is 37.0 Å². The van der Waals surface area contributed by atoms with E-state index in [0.29, 0.717) is 18.5 Å². The number of benzene rings is 2. The fourth-order valence-electron chi connectivity index (χ4n) is 4.39. The van der Waals surface area contributed by atoms with Crippen LogP contribution in [0.2, 0.25) is 0 Å². The average Bonchev–Trinajstić information content (AvgIpc) is 2.91. The van der Waals surface area contributed by atoms with E-state index < -0.39 is 29.1 Å². The van der Waals surface area contributed by atoms with Gasteiger partial charge in [-0.2, -0.15) is 0 Å². The molecule has 38 heavy (non-hydrogen) atoms. The van der Waals surface area contributed by atoms with E-state index >= 15 is 0 Å². The summed E-state index contributed by atoms with van der Waals surface area (Å²) in [4.78, 5) is 56.7. The Bertz CT molecular complexity index is 1340. The highest BCUT2D eigenvalue weighted by Gasteiger charge is 2.53. The summed E-state index contributed by atoms with van der Waals surface area (Å²) in [5, 5.41) is 11.9. The van der Waals surface area contributed by atoms with Gasteiger partial charge in [0.15, 0.2) is 11.2 Å². The molecule has 1 aliphatic carbocycles. The van der Waals surface area contributed by atoms with Crippen molar-refractivity contribution in [3.05, 3.63) is 89.5 Å². The summed E-state index contributed by atoms with van der Waals surface area (Å²) >= 11 is 0. The Labute approximate surface area is 219 Å². The fourth-order valence-corrected chi connectivity index (χ4v) is 4.39. The zero-order valence-electron chi connectivity index (χ0n) is 20.8. The number of fused-ring (bicyclic) bond motifs is 1. The van der Waals surface area contributed by atoms with Gasteiger partial charge in [0.25, 0.3) is 5.91 Å². The second kappa shape index (κ2) is 11.2. The second-order valence-electron chi connectivity index (χ2n) is 9.07. The molecule has 0 spiro atoms. The van der Waals surface area contributed by atoms with Gasteiger partial charge in [-0.05, 0) is 36.6 Å². The van der Waals surface area contributed by atoms with Crippen LogP contribution in [0.4, 0.5) is 5.69 Å². The Kier molecular flexibility index (Phi) is 7.82. The van der Waals surface area contributed by atoms with Crippen molar-refractivity contribution in [3.63, 3.8) is 0 Å². The first kappa shape index (κ1) is 26.5. The topological polar surface area (TPSA) is 152 Å². The van der Waals surface area contributed by atoms with Gasteiger partial charge in [0.05, 0.1) is 18.3 Å². The van der Waals surface area contributed by atoms with Crippen LogP contribution in [0.25, 0.3) is 0 Å². The largest absolute Gasteiger partial charge is 0.460 e. The van der Waals surface area contributed by atoms with Gasteiger partial charge in [-0.15, -0.1) is 0 Å². The van der Waals surface area contributed by atoms with Gasteiger partial charge in [0.2, 0.25) is 5.91 Å². The lowest BCUT2D eigenvalue weighted by Crippen LogP contribution is -2.52. The number of anilines is 1. The third-order valence-corrected chi connectivity index (χ3v) is 6.36. The number of hydrogen-bond acceptors (Lipinski definition) is 7. The number of amides is 2. The molecular weight excluding hydrogens is 488 g/mol. The Morgan fingerprint density at radius 1 is 1.16 bits per heavy atom. The maximum atomic E-state index is 13.7. The minimum Gasteiger partial charge on any atom is -0.460 e. The quantitative estimate of drug-likeness (QED) is 0.200. The molecule has 0 saturated carbocycles. The molecule has 2 aromatic carbocycles. The van der Waals surface area contributed by atoms with Crippen LogP contribution in [0.1, 0.15) is 28.4 Å². The van der Waals surface area contributed by atoms with Crippen molar-refractivity contribution in [2.24, 2.45) is 17.1 Å². The minimum atomic E-state index is -1.94. The number of Topliss-reactive ketones (excluding diaryl/α,β-unsaturated/α-hetero) is 1. The van der Waals surface area contributed by atoms with Crippen LogP contribution >= 0.6 is 0 Å². The maximum Gasteiger partial charge on any atom is 0.327 e. The monoisotopic (exact) mass is 516 g/mol. The summed E-state index contributed by atoms with van der Waals surface area (Å²) in [6.07, 6.45) is 6.52. The van der Waals surface area contributed by atoms with E-state index in [0.717, 1.165) is 16.2 Å². The molecule has 196 valence electrons. The highest BCUT2D eigenvalue weighted by atomic mass is 16.7. The number of nitrogens with one attached hydrogen (secondary N) is 2. The van der Waals surface area contributed by atoms with Gasteiger partial charge in [-0.1, -0.05) is 60.7 Å². The average molecular weight is 517 g/mol. The molecule has 0 aromatic heterocycles. The summed E-state index contributed by atoms with van der Waals surface area (Å²) in [6.45, 7) is 1.36. The van der Waals surface area contributed by atoms with Gasteiger partial charge in [-0.3, -0.25) is 29.4 Å². The molecule has 0 saturated heterocycles. The lowest BCUT2D eigenvalue weighted by atomic mass is 9.71. The molecule has 4 rings (SSSR count). The fraction of sp³-hybridized carbons (Fsp3) is 0.250. The zero-order chi connectivity index (χ0) is 27.3. The number of esters is 1. The highest BCUT2D eigenvalue weighted by Crippen LogP contribution is 2.37. The number of ether oxygens (including phenoxy) is 1.